The molecule has 2 bridgehead atoms. The van der Waals surface area contributed by atoms with Gasteiger partial charge in [-0.05, 0) is 62.4 Å². The number of nitrogens with one attached hydrogen (secondary N) is 1. The Bertz CT molecular complexity index is 852. The molecule has 0 aromatic carbocycles. The largest absolute Gasteiger partial charge is 0.389 e. The number of hydrogen-bond acceptors (Lipinski definition) is 5. The Hall–Kier alpha value is -0.770. The third kappa shape index (κ3) is 2.50. The second-order valence-corrected chi connectivity index (χ2v) is 11.2. The molecular weight excluding hydrogens is 485 g/mol. The number of carbonyl (C=O) groups excluding carboxylic acids is 2. The Morgan fingerprint density at radius 2 is 1.97 bits per heavy atom. The smallest absolute Gasteiger partial charge is 0.224 e. The molecule has 1 amide bonds. The maximum atomic E-state index is 13.6. The maximum Gasteiger partial charge on any atom is 0.224 e. The van der Waals surface area contributed by atoms with Crippen LogP contribution in [0.2, 0.25) is 0 Å². The number of allylic oxidation sites excluding steroid dienone is 1. The van der Waals surface area contributed by atoms with Crippen LogP contribution in [0.25, 0.3) is 0 Å². The van der Waals surface area contributed by atoms with E-state index in [-0.39, 0.29) is 21.7 Å². The van der Waals surface area contributed by atoms with Gasteiger partial charge in [0.15, 0.2) is 0 Å². The molecule has 4 N–H and O–H groups in total. The molecule has 7 heteroatoms. The summed E-state index contributed by atoms with van der Waals surface area (Å²) >= 11 is 1.70. The molecule has 29 heavy (non-hydrogen) atoms. The average Bonchev–Trinajstić information content (AvgIpc) is 3.37. The van der Waals surface area contributed by atoms with Crippen molar-refractivity contribution >= 4 is 32.3 Å². The van der Waals surface area contributed by atoms with E-state index in [1.165, 1.54) is 0 Å². The van der Waals surface area contributed by atoms with Gasteiger partial charge in [-0.15, -0.1) is 0 Å². The van der Waals surface area contributed by atoms with E-state index < -0.39 is 40.5 Å². The number of hydrogen-bond donors (Lipinski definition) is 4. The quantitative estimate of drug-likeness (QED) is 0.261. The van der Waals surface area contributed by atoms with E-state index in [0.29, 0.717) is 25.7 Å². The minimum atomic E-state index is -1.27. The highest BCUT2D eigenvalue weighted by molar-refractivity contribution is 14.1. The van der Waals surface area contributed by atoms with Crippen molar-refractivity contribution in [2.24, 2.45) is 28.6 Å². The SMILES string of the molecule is C=C1C[C@]23C[C@@]1(O)CC[C@H]2C1=C[C@@H](O)[C@H](O)[C@@](C)(C(=O)I)[C@H]1[C@@H]3C(=O)NC1CC1. The Morgan fingerprint density at radius 1 is 1.28 bits per heavy atom. The van der Waals surface area contributed by atoms with Crippen LogP contribution in [-0.4, -0.2) is 48.9 Å². The molecule has 4 saturated carbocycles. The summed E-state index contributed by atoms with van der Waals surface area (Å²) in [7, 11) is 0. The first-order chi connectivity index (χ1) is 13.5. The van der Waals surface area contributed by atoms with E-state index in [9.17, 15) is 24.9 Å². The second kappa shape index (κ2) is 6.14. The zero-order valence-corrected chi connectivity index (χ0v) is 18.7. The van der Waals surface area contributed by atoms with Gasteiger partial charge in [-0.2, -0.15) is 0 Å². The first-order valence-corrected chi connectivity index (χ1v) is 11.6. The van der Waals surface area contributed by atoms with Crippen LogP contribution in [0, 0.1) is 28.6 Å². The number of amides is 1. The minimum Gasteiger partial charge on any atom is -0.389 e. The van der Waals surface area contributed by atoms with Crippen LogP contribution >= 0.6 is 22.6 Å². The van der Waals surface area contributed by atoms with E-state index in [1.54, 1.807) is 35.6 Å². The maximum absolute atomic E-state index is 13.6. The number of aliphatic hydroxyl groups excluding tert-OH is 2. The second-order valence-electron chi connectivity index (χ2n) is 10.2. The Kier molecular flexibility index (Phi) is 4.27. The molecular formula is C22H28INO5. The molecule has 8 atom stereocenters. The molecule has 0 aliphatic heterocycles. The average molecular weight is 513 g/mol. The lowest BCUT2D eigenvalue weighted by atomic mass is 9.60. The highest BCUT2D eigenvalue weighted by Gasteiger charge is 2.73. The van der Waals surface area contributed by atoms with Crippen LogP contribution in [0.5, 0.6) is 0 Å². The fraction of sp³-hybridized carbons (Fsp3) is 0.727. The van der Waals surface area contributed by atoms with Crippen LogP contribution in [0.1, 0.15) is 45.4 Å². The van der Waals surface area contributed by atoms with Crippen molar-refractivity contribution in [2.45, 2.75) is 69.3 Å². The van der Waals surface area contributed by atoms with E-state index in [0.717, 1.165) is 24.0 Å². The number of carbonyl (C=O) groups is 2. The molecule has 0 heterocycles. The highest BCUT2D eigenvalue weighted by atomic mass is 127. The Morgan fingerprint density at radius 3 is 2.59 bits per heavy atom. The Balaban J connectivity index is 1.70. The first-order valence-electron chi connectivity index (χ1n) is 10.5. The van der Waals surface area contributed by atoms with Gasteiger partial charge in [0.25, 0.3) is 0 Å². The van der Waals surface area contributed by atoms with Gasteiger partial charge >= 0.3 is 0 Å². The van der Waals surface area contributed by atoms with Gasteiger partial charge in [-0.25, -0.2) is 0 Å². The van der Waals surface area contributed by atoms with Crippen molar-refractivity contribution < 1.29 is 24.9 Å². The van der Waals surface area contributed by atoms with Gasteiger partial charge in [0.05, 0.1) is 29.1 Å². The molecule has 0 unspecified atom stereocenters. The Labute approximate surface area is 184 Å². The van der Waals surface area contributed by atoms with Crippen LogP contribution in [0.4, 0.5) is 0 Å². The summed E-state index contributed by atoms with van der Waals surface area (Å²) < 4.78 is -0.247. The predicted octanol–water partition coefficient (Wildman–Crippen LogP) is 1.62. The first kappa shape index (κ1) is 20.2. The lowest BCUT2D eigenvalue weighted by molar-refractivity contribution is -0.145. The summed E-state index contributed by atoms with van der Waals surface area (Å²) in [5.74, 6) is -1.10. The number of fused-ring (bicyclic) bond motifs is 3. The molecule has 5 aliphatic rings. The summed E-state index contributed by atoms with van der Waals surface area (Å²) in [5.41, 5.74) is -1.06. The summed E-state index contributed by atoms with van der Waals surface area (Å²) in [6.07, 6.45) is 3.48. The van der Waals surface area contributed by atoms with E-state index >= 15 is 0 Å². The number of rotatable bonds is 3. The van der Waals surface area contributed by atoms with Gasteiger partial charge in [0, 0.05) is 34.6 Å². The summed E-state index contributed by atoms with van der Waals surface area (Å²) in [6.45, 7) is 5.83. The summed E-state index contributed by atoms with van der Waals surface area (Å²) in [5, 5.41) is 35.8. The van der Waals surface area contributed by atoms with Crippen LogP contribution < -0.4 is 5.32 Å². The zero-order chi connectivity index (χ0) is 20.9. The van der Waals surface area contributed by atoms with Crippen LogP contribution in [-0.2, 0) is 9.59 Å². The molecule has 0 radical (unpaired) electrons. The molecule has 1 spiro atoms. The molecule has 5 aliphatic carbocycles. The molecule has 4 fully saturated rings. The van der Waals surface area contributed by atoms with Crippen molar-refractivity contribution in [3.05, 3.63) is 23.8 Å². The monoisotopic (exact) mass is 513 g/mol. The molecule has 158 valence electrons. The van der Waals surface area contributed by atoms with E-state index in [1.807, 2.05) is 0 Å². The van der Waals surface area contributed by atoms with Crippen molar-refractivity contribution in [3.63, 3.8) is 0 Å². The lowest BCUT2D eigenvalue weighted by Crippen LogP contribution is -2.56. The summed E-state index contributed by atoms with van der Waals surface area (Å²) in [6, 6.07) is 0.179. The van der Waals surface area contributed by atoms with E-state index in [4.69, 9.17) is 0 Å². The fourth-order valence-corrected chi connectivity index (χ4v) is 7.72. The molecule has 0 aromatic heterocycles. The molecule has 6 nitrogen and oxygen atoms in total. The number of halogens is 1. The fourth-order valence-electron chi connectivity index (χ4n) is 7.06. The van der Waals surface area contributed by atoms with Gasteiger partial charge in [0.2, 0.25) is 9.70 Å². The normalized spacial score (nSPS) is 50.6. The van der Waals surface area contributed by atoms with Crippen molar-refractivity contribution in [2.75, 3.05) is 0 Å². The van der Waals surface area contributed by atoms with Gasteiger partial charge < -0.3 is 20.6 Å². The van der Waals surface area contributed by atoms with Crippen molar-refractivity contribution in [3.8, 4) is 0 Å². The van der Waals surface area contributed by atoms with Crippen LogP contribution in [0.15, 0.2) is 23.8 Å². The molecule has 0 saturated heterocycles. The zero-order valence-electron chi connectivity index (χ0n) is 16.5. The van der Waals surface area contributed by atoms with Gasteiger partial charge in [0.1, 0.15) is 0 Å². The third-order valence-corrected chi connectivity index (χ3v) is 9.82. The minimum absolute atomic E-state index is 0.000738. The predicted molar refractivity (Wildman–Crippen MR) is 114 cm³/mol. The topological polar surface area (TPSA) is 107 Å². The van der Waals surface area contributed by atoms with Crippen molar-refractivity contribution in [1.82, 2.24) is 5.32 Å². The van der Waals surface area contributed by atoms with E-state index in [2.05, 4.69) is 11.9 Å². The molecule has 5 rings (SSSR count). The number of aliphatic hydroxyl groups is 3. The van der Waals surface area contributed by atoms with Gasteiger partial charge in [-0.1, -0.05) is 18.2 Å². The van der Waals surface area contributed by atoms with Gasteiger partial charge in [-0.3, -0.25) is 9.59 Å². The lowest BCUT2D eigenvalue weighted by Gasteiger charge is -2.45. The molecule has 0 aromatic rings. The highest BCUT2D eigenvalue weighted by Crippen LogP contribution is 2.73. The summed E-state index contributed by atoms with van der Waals surface area (Å²) in [4.78, 5) is 26.4. The standard InChI is InChI=1S/C22H28INO5/c1-10-8-21-9-22(10,29)6-5-13(21)12-7-14(25)17(26)20(2,19(23)28)15(12)16(21)18(27)24-11-3-4-11/h7,11,13-17,25-26,29H,1,3-6,8-9H2,2H3,(H,24,27)/t13-,14+,15+,16+,17-,20-,21-,22-/m0/s1. The third-order valence-electron chi connectivity index (χ3n) is 8.65. The van der Waals surface area contributed by atoms with Crippen molar-refractivity contribution in [1.29, 1.82) is 0 Å². The van der Waals surface area contributed by atoms with Crippen LogP contribution in [0.3, 0.4) is 0 Å².